The first-order chi connectivity index (χ1) is 11.5. The van der Waals surface area contributed by atoms with Gasteiger partial charge in [-0.3, -0.25) is 14.9 Å². The molecule has 0 saturated carbocycles. The molecule has 0 atom stereocenters. The number of carbonyl (C=O) groups excluding carboxylic acids is 1. The Morgan fingerprint density at radius 1 is 1.20 bits per heavy atom. The minimum absolute atomic E-state index is 0.0687. The number of aromatic nitrogens is 1. The molecule has 0 unspecified atom stereocenters. The van der Waals surface area contributed by atoms with E-state index in [9.17, 15) is 27.9 Å². The number of halogens is 3. The first-order valence-corrected chi connectivity index (χ1v) is 8.03. The molecule has 1 aromatic carbocycles. The van der Waals surface area contributed by atoms with Crippen LogP contribution in [0.1, 0.15) is 35.5 Å². The summed E-state index contributed by atoms with van der Waals surface area (Å²) in [6.45, 7) is 3.09. The molecule has 0 radical (unpaired) electrons. The Kier molecular flexibility index (Phi) is 5.17. The average molecular weight is 372 g/mol. The minimum atomic E-state index is -4.36. The van der Waals surface area contributed by atoms with Gasteiger partial charge in [-0.05, 0) is 31.5 Å². The molecule has 0 aliphatic rings. The standard InChI is InChI=1S/C16H15F3N2O3S/c1-15(2,13(23)24)10-5-3-9(4-6-10)12(22)21-14-20-11(8-25-14)7-16(17,18)19/h3-6,8H,7H2,1-2H3,(H,23,24)(H,20,21,22). The second kappa shape index (κ2) is 6.83. The fourth-order valence-electron chi connectivity index (χ4n) is 1.98. The van der Waals surface area contributed by atoms with Crippen LogP contribution in [0.5, 0.6) is 0 Å². The van der Waals surface area contributed by atoms with Crippen LogP contribution < -0.4 is 5.32 Å². The van der Waals surface area contributed by atoms with Gasteiger partial charge in [-0.1, -0.05) is 12.1 Å². The lowest BCUT2D eigenvalue weighted by Crippen LogP contribution is -2.28. The van der Waals surface area contributed by atoms with E-state index in [4.69, 9.17) is 0 Å². The van der Waals surface area contributed by atoms with Gasteiger partial charge in [0.15, 0.2) is 5.13 Å². The Labute approximate surface area is 145 Å². The van der Waals surface area contributed by atoms with Gasteiger partial charge in [0.05, 0.1) is 17.5 Å². The number of aliphatic carboxylic acids is 1. The number of benzene rings is 1. The zero-order valence-electron chi connectivity index (χ0n) is 13.3. The molecule has 1 heterocycles. The Hall–Kier alpha value is -2.42. The van der Waals surface area contributed by atoms with Crippen molar-refractivity contribution in [3.63, 3.8) is 0 Å². The molecule has 2 aromatic rings. The molecular weight excluding hydrogens is 357 g/mol. The number of alkyl halides is 3. The van der Waals surface area contributed by atoms with Gasteiger partial charge in [-0.25, -0.2) is 4.98 Å². The first kappa shape index (κ1) is 18.9. The van der Waals surface area contributed by atoms with Gasteiger partial charge in [0, 0.05) is 10.9 Å². The van der Waals surface area contributed by atoms with Gasteiger partial charge >= 0.3 is 12.1 Å². The van der Waals surface area contributed by atoms with E-state index in [1.54, 1.807) is 13.8 Å². The van der Waals surface area contributed by atoms with E-state index in [1.165, 1.54) is 29.6 Å². The zero-order chi connectivity index (χ0) is 18.8. The summed E-state index contributed by atoms with van der Waals surface area (Å²) in [5, 5.41) is 12.9. The van der Waals surface area contributed by atoms with Crippen LogP contribution in [0, 0.1) is 0 Å². The molecular formula is C16H15F3N2O3S. The number of rotatable bonds is 5. The van der Waals surface area contributed by atoms with E-state index in [2.05, 4.69) is 10.3 Å². The highest BCUT2D eigenvalue weighted by atomic mass is 32.1. The molecule has 2 rings (SSSR count). The van der Waals surface area contributed by atoms with Gasteiger partial charge in [0.2, 0.25) is 0 Å². The summed E-state index contributed by atoms with van der Waals surface area (Å²) >= 11 is 0.904. The Bertz CT molecular complexity index is 783. The number of carboxylic acids is 1. The van der Waals surface area contributed by atoms with E-state index < -0.39 is 29.9 Å². The van der Waals surface area contributed by atoms with Gasteiger partial charge in [0.25, 0.3) is 5.91 Å². The smallest absolute Gasteiger partial charge is 0.394 e. The Balaban J connectivity index is 2.08. The highest BCUT2D eigenvalue weighted by Gasteiger charge is 2.30. The maximum Gasteiger partial charge on any atom is 0.394 e. The van der Waals surface area contributed by atoms with Crippen molar-refractivity contribution in [2.75, 3.05) is 5.32 Å². The molecule has 0 spiro atoms. The van der Waals surface area contributed by atoms with Crippen LogP contribution in [0.4, 0.5) is 18.3 Å². The molecule has 5 nitrogen and oxygen atoms in total. The zero-order valence-corrected chi connectivity index (χ0v) is 14.2. The summed E-state index contributed by atoms with van der Waals surface area (Å²) in [7, 11) is 0. The Morgan fingerprint density at radius 2 is 1.80 bits per heavy atom. The quantitative estimate of drug-likeness (QED) is 0.835. The third-order valence-electron chi connectivity index (χ3n) is 3.56. The fraction of sp³-hybridized carbons (Fsp3) is 0.312. The second-order valence-corrected chi connectivity index (χ2v) is 6.76. The van der Waals surface area contributed by atoms with Crippen LogP contribution in [0.25, 0.3) is 0 Å². The monoisotopic (exact) mass is 372 g/mol. The van der Waals surface area contributed by atoms with Crippen molar-refractivity contribution in [2.45, 2.75) is 31.9 Å². The minimum Gasteiger partial charge on any atom is -0.481 e. The van der Waals surface area contributed by atoms with E-state index in [1.807, 2.05) is 0 Å². The normalized spacial score (nSPS) is 12.0. The van der Waals surface area contributed by atoms with Crippen molar-refractivity contribution in [1.29, 1.82) is 0 Å². The van der Waals surface area contributed by atoms with Gasteiger partial charge in [0.1, 0.15) is 0 Å². The number of hydrogen-bond donors (Lipinski definition) is 2. The van der Waals surface area contributed by atoms with Crippen molar-refractivity contribution in [3.8, 4) is 0 Å². The van der Waals surface area contributed by atoms with E-state index >= 15 is 0 Å². The molecule has 0 bridgehead atoms. The van der Waals surface area contributed by atoms with Gasteiger partial charge < -0.3 is 5.11 Å². The molecule has 9 heteroatoms. The summed E-state index contributed by atoms with van der Waals surface area (Å²) in [5.74, 6) is -1.53. The summed E-state index contributed by atoms with van der Waals surface area (Å²) in [6.07, 6.45) is -5.51. The van der Waals surface area contributed by atoms with Gasteiger partial charge in [-0.2, -0.15) is 13.2 Å². The van der Waals surface area contributed by atoms with Crippen LogP contribution >= 0.6 is 11.3 Å². The van der Waals surface area contributed by atoms with Crippen LogP contribution in [-0.2, 0) is 16.6 Å². The maximum atomic E-state index is 12.3. The summed E-state index contributed by atoms with van der Waals surface area (Å²) < 4.78 is 36.9. The molecule has 134 valence electrons. The number of carboxylic acid groups (broad SMARTS) is 1. The number of carbonyl (C=O) groups is 2. The van der Waals surface area contributed by atoms with E-state index in [0.29, 0.717) is 5.56 Å². The Morgan fingerprint density at radius 3 is 2.32 bits per heavy atom. The van der Waals surface area contributed by atoms with Crippen LogP contribution in [-0.4, -0.2) is 28.1 Å². The first-order valence-electron chi connectivity index (χ1n) is 7.15. The number of amides is 1. The van der Waals surface area contributed by atoms with Crippen molar-refractivity contribution in [3.05, 3.63) is 46.5 Å². The molecule has 0 aliphatic heterocycles. The molecule has 1 amide bonds. The number of anilines is 1. The predicted octanol–water partition coefficient (Wildman–Crippen LogP) is 3.86. The third kappa shape index (κ3) is 4.79. The summed E-state index contributed by atoms with van der Waals surface area (Å²) in [5.41, 5.74) is -0.487. The number of nitrogens with zero attached hydrogens (tertiary/aromatic N) is 1. The number of thiazole rings is 1. The average Bonchev–Trinajstić information content (AvgIpc) is 2.92. The highest BCUT2D eigenvalue weighted by molar-refractivity contribution is 7.14. The molecule has 0 aliphatic carbocycles. The highest BCUT2D eigenvalue weighted by Crippen LogP contribution is 2.26. The van der Waals surface area contributed by atoms with Crippen LogP contribution in [0.2, 0.25) is 0 Å². The molecule has 2 N–H and O–H groups in total. The lowest BCUT2D eigenvalue weighted by atomic mass is 9.84. The largest absolute Gasteiger partial charge is 0.481 e. The maximum absolute atomic E-state index is 12.3. The number of nitrogens with one attached hydrogen (secondary N) is 1. The lowest BCUT2D eigenvalue weighted by Gasteiger charge is -2.19. The van der Waals surface area contributed by atoms with Gasteiger partial charge in [-0.15, -0.1) is 11.3 Å². The fourth-order valence-corrected chi connectivity index (χ4v) is 2.69. The van der Waals surface area contributed by atoms with E-state index in [0.717, 1.165) is 11.3 Å². The SMILES string of the molecule is CC(C)(C(=O)O)c1ccc(C(=O)Nc2nc(CC(F)(F)F)cs2)cc1. The summed E-state index contributed by atoms with van der Waals surface area (Å²) in [6, 6.07) is 5.97. The van der Waals surface area contributed by atoms with E-state index in [-0.39, 0.29) is 16.4 Å². The topological polar surface area (TPSA) is 79.3 Å². The predicted molar refractivity (Wildman–Crippen MR) is 86.9 cm³/mol. The molecule has 25 heavy (non-hydrogen) atoms. The van der Waals surface area contributed by atoms with Crippen molar-refractivity contribution >= 4 is 28.3 Å². The van der Waals surface area contributed by atoms with Crippen molar-refractivity contribution < 1.29 is 27.9 Å². The van der Waals surface area contributed by atoms with Crippen molar-refractivity contribution in [1.82, 2.24) is 4.98 Å². The van der Waals surface area contributed by atoms with Crippen LogP contribution in [0.3, 0.4) is 0 Å². The molecule has 0 fully saturated rings. The van der Waals surface area contributed by atoms with Crippen molar-refractivity contribution in [2.24, 2.45) is 0 Å². The summed E-state index contributed by atoms with van der Waals surface area (Å²) in [4.78, 5) is 27.1. The lowest BCUT2D eigenvalue weighted by molar-refractivity contribution is -0.142. The molecule has 1 aromatic heterocycles. The second-order valence-electron chi connectivity index (χ2n) is 5.90. The third-order valence-corrected chi connectivity index (χ3v) is 4.36. The molecule has 0 saturated heterocycles. The van der Waals surface area contributed by atoms with Crippen LogP contribution in [0.15, 0.2) is 29.6 Å². The number of hydrogen-bond acceptors (Lipinski definition) is 4.